The molecule has 3 heterocycles. The van der Waals surface area contributed by atoms with Gasteiger partial charge in [-0.15, -0.1) is 12.4 Å². The average molecular weight is 756 g/mol. The monoisotopic (exact) mass is 754 g/mol. The van der Waals surface area contributed by atoms with Crippen molar-refractivity contribution in [1.82, 2.24) is 14.4 Å². The molecule has 4 aromatic carbocycles. The topological polar surface area (TPSA) is 87.5 Å². The van der Waals surface area contributed by atoms with Gasteiger partial charge in [0.05, 0.1) is 38.0 Å². The van der Waals surface area contributed by atoms with Crippen molar-refractivity contribution < 1.29 is 24.2 Å². The summed E-state index contributed by atoms with van der Waals surface area (Å²) >= 11 is 6.62. The number of carbonyl (C=O) groups excluding carboxylic acids is 2. The summed E-state index contributed by atoms with van der Waals surface area (Å²) in [6, 6.07) is 31.2. The molecule has 2 aliphatic rings. The Kier molecular flexibility index (Phi) is 12.2. The lowest BCUT2D eigenvalue weighted by molar-refractivity contribution is 0.00743. The van der Waals surface area contributed by atoms with Gasteiger partial charge in [0.25, 0.3) is 11.8 Å². The SMILES string of the molecule is Cc1c(C(=O)N(c2ccccc2)c2ccc(O)cc2)cc(-c2cc(Cl)ccc2C(=O)N2Cc3ccccc3C[C@H]2COCCN2CCOCC2)n1C.Cl. The molecule has 11 heteroatoms. The largest absolute Gasteiger partial charge is 0.508 e. The highest BCUT2D eigenvalue weighted by molar-refractivity contribution is 6.31. The van der Waals surface area contributed by atoms with E-state index in [0.717, 1.165) is 44.1 Å². The number of hydrogen-bond acceptors (Lipinski definition) is 6. The first-order chi connectivity index (χ1) is 25.3. The van der Waals surface area contributed by atoms with Gasteiger partial charge in [-0.05, 0) is 85.1 Å². The van der Waals surface area contributed by atoms with Crippen LogP contribution in [-0.4, -0.2) is 83.4 Å². The number of hydrogen-bond donors (Lipinski definition) is 1. The van der Waals surface area contributed by atoms with E-state index < -0.39 is 0 Å². The van der Waals surface area contributed by atoms with Gasteiger partial charge < -0.3 is 24.0 Å². The minimum absolute atomic E-state index is 0. The van der Waals surface area contributed by atoms with Crippen molar-refractivity contribution in [3.05, 3.63) is 136 Å². The summed E-state index contributed by atoms with van der Waals surface area (Å²) in [5, 5.41) is 10.5. The third-order valence-corrected chi connectivity index (χ3v) is 10.4. The van der Waals surface area contributed by atoms with Crippen LogP contribution in [0, 0.1) is 6.92 Å². The van der Waals surface area contributed by atoms with Gasteiger partial charge in [-0.1, -0.05) is 54.1 Å². The van der Waals surface area contributed by atoms with Crippen molar-refractivity contribution >= 4 is 47.2 Å². The zero-order valence-corrected chi connectivity index (χ0v) is 31.5. The van der Waals surface area contributed by atoms with Crippen LogP contribution in [0.5, 0.6) is 5.75 Å². The van der Waals surface area contributed by atoms with E-state index in [-0.39, 0.29) is 36.0 Å². The molecule has 1 aromatic heterocycles. The third kappa shape index (κ3) is 8.30. The summed E-state index contributed by atoms with van der Waals surface area (Å²) in [5.74, 6) is -0.253. The lowest BCUT2D eigenvalue weighted by atomic mass is 9.93. The second kappa shape index (κ2) is 17.0. The molecular weight excluding hydrogens is 711 g/mol. The fourth-order valence-corrected chi connectivity index (χ4v) is 7.31. The van der Waals surface area contributed by atoms with Crippen LogP contribution >= 0.6 is 24.0 Å². The van der Waals surface area contributed by atoms with E-state index >= 15 is 0 Å². The Balaban J connectivity index is 0.00000481. The van der Waals surface area contributed by atoms with Gasteiger partial charge in [-0.2, -0.15) is 0 Å². The standard InChI is InChI=1S/C42H43ClN4O5.ClH/c1-29-38(42(50)47(33-10-4-3-5-11-33)34-13-15-36(48)16-14-34)26-40(44(29)2)39-25-32(43)12-17-37(39)41(49)46-27-31-9-7-6-8-30(31)24-35(46)28-52-23-20-45-18-21-51-22-19-45;/h3-17,25-26,35,48H,18-24,27-28H2,1-2H3;1H/t35-;/m0./s1. The molecule has 2 aliphatic heterocycles. The molecule has 53 heavy (non-hydrogen) atoms. The van der Waals surface area contributed by atoms with E-state index in [9.17, 15) is 14.7 Å². The molecule has 0 radical (unpaired) electrons. The average Bonchev–Trinajstić information content (AvgIpc) is 3.47. The van der Waals surface area contributed by atoms with E-state index in [1.54, 1.807) is 47.4 Å². The molecule has 1 fully saturated rings. The number of ether oxygens (including phenoxy) is 2. The van der Waals surface area contributed by atoms with Crippen LogP contribution in [-0.2, 0) is 29.5 Å². The van der Waals surface area contributed by atoms with Crippen molar-refractivity contribution in [1.29, 1.82) is 0 Å². The van der Waals surface area contributed by atoms with Crippen molar-refractivity contribution in [2.24, 2.45) is 7.05 Å². The lowest BCUT2D eigenvalue weighted by Gasteiger charge is -2.37. The number of halogens is 2. The number of phenolic OH excluding ortho intramolecular Hbond substituents is 1. The Morgan fingerprint density at radius 2 is 1.57 bits per heavy atom. The molecule has 1 atom stereocenters. The fraction of sp³-hybridized carbons (Fsp3) is 0.286. The summed E-state index contributed by atoms with van der Waals surface area (Å²) < 4.78 is 13.7. The van der Waals surface area contributed by atoms with Crippen LogP contribution in [0.4, 0.5) is 11.4 Å². The van der Waals surface area contributed by atoms with E-state index in [4.69, 9.17) is 21.1 Å². The molecule has 0 spiro atoms. The van der Waals surface area contributed by atoms with Gasteiger partial charge in [0, 0.05) is 72.1 Å². The zero-order chi connectivity index (χ0) is 36.2. The molecule has 1 N–H and O–H groups in total. The maximum absolute atomic E-state index is 14.7. The van der Waals surface area contributed by atoms with E-state index in [1.165, 1.54) is 5.56 Å². The quantitative estimate of drug-likeness (QED) is 0.147. The van der Waals surface area contributed by atoms with Gasteiger partial charge in [-0.3, -0.25) is 19.4 Å². The van der Waals surface area contributed by atoms with Crippen molar-refractivity contribution in [2.45, 2.75) is 25.9 Å². The molecule has 7 rings (SSSR count). The van der Waals surface area contributed by atoms with Crippen LogP contribution in [0.25, 0.3) is 11.3 Å². The molecule has 1 saturated heterocycles. The molecule has 0 bridgehead atoms. The second-order valence-electron chi connectivity index (χ2n) is 13.4. The Morgan fingerprint density at radius 3 is 2.30 bits per heavy atom. The first-order valence-electron chi connectivity index (χ1n) is 17.7. The van der Waals surface area contributed by atoms with Gasteiger partial charge in [0.15, 0.2) is 0 Å². The van der Waals surface area contributed by atoms with Crippen molar-refractivity contribution in [2.75, 3.05) is 51.0 Å². The highest BCUT2D eigenvalue weighted by Gasteiger charge is 2.33. The maximum atomic E-state index is 14.7. The highest BCUT2D eigenvalue weighted by Crippen LogP contribution is 2.36. The van der Waals surface area contributed by atoms with Gasteiger partial charge in [0.1, 0.15) is 5.75 Å². The first-order valence-corrected chi connectivity index (χ1v) is 18.1. The van der Waals surface area contributed by atoms with Crippen molar-refractivity contribution in [3.63, 3.8) is 0 Å². The predicted molar refractivity (Wildman–Crippen MR) is 211 cm³/mol. The van der Waals surface area contributed by atoms with Crippen LogP contribution in [0.15, 0.2) is 103 Å². The van der Waals surface area contributed by atoms with Crippen molar-refractivity contribution in [3.8, 4) is 17.0 Å². The molecule has 9 nitrogen and oxygen atoms in total. The number of carbonyl (C=O) groups is 2. The molecule has 2 amide bonds. The zero-order valence-electron chi connectivity index (χ0n) is 29.9. The summed E-state index contributed by atoms with van der Waals surface area (Å²) in [5.41, 5.74) is 6.69. The number of anilines is 2. The van der Waals surface area contributed by atoms with Crippen LogP contribution in [0.1, 0.15) is 37.5 Å². The number of phenols is 1. The number of aromatic hydroxyl groups is 1. The predicted octanol–water partition coefficient (Wildman–Crippen LogP) is 7.68. The Bertz CT molecular complexity index is 2050. The Morgan fingerprint density at radius 1 is 0.887 bits per heavy atom. The fourth-order valence-electron chi connectivity index (χ4n) is 7.14. The minimum atomic E-state index is -0.243. The number of benzene rings is 4. The summed E-state index contributed by atoms with van der Waals surface area (Å²) in [6.45, 7) is 7.46. The third-order valence-electron chi connectivity index (χ3n) is 10.2. The number of rotatable bonds is 10. The number of amides is 2. The number of fused-ring (bicyclic) bond motifs is 1. The molecule has 5 aromatic rings. The van der Waals surface area contributed by atoms with Gasteiger partial charge >= 0.3 is 0 Å². The van der Waals surface area contributed by atoms with E-state index in [0.29, 0.717) is 65.0 Å². The number of para-hydroxylation sites is 1. The van der Waals surface area contributed by atoms with E-state index in [1.807, 2.05) is 72.0 Å². The number of morpholine rings is 1. The molecule has 276 valence electrons. The highest BCUT2D eigenvalue weighted by atomic mass is 35.5. The van der Waals surface area contributed by atoms with Gasteiger partial charge in [0.2, 0.25) is 0 Å². The first kappa shape index (κ1) is 38.1. The maximum Gasteiger partial charge on any atom is 0.264 e. The number of aromatic nitrogens is 1. The molecule has 0 unspecified atom stereocenters. The smallest absolute Gasteiger partial charge is 0.264 e. The Hall–Kier alpha value is -4.64. The van der Waals surface area contributed by atoms with Gasteiger partial charge in [-0.25, -0.2) is 0 Å². The molecule has 0 saturated carbocycles. The summed E-state index contributed by atoms with van der Waals surface area (Å²) in [6.07, 6.45) is 0.691. The summed E-state index contributed by atoms with van der Waals surface area (Å²) in [7, 11) is 1.90. The van der Waals surface area contributed by atoms with Crippen LogP contribution in [0.3, 0.4) is 0 Å². The Labute approximate surface area is 321 Å². The molecular formula is C42H44Cl2N4O5. The normalized spacial score (nSPS) is 15.8. The summed E-state index contributed by atoms with van der Waals surface area (Å²) in [4.78, 5) is 35.1. The van der Waals surface area contributed by atoms with Crippen LogP contribution < -0.4 is 4.90 Å². The van der Waals surface area contributed by atoms with Crippen LogP contribution in [0.2, 0.25) is 5.02 Å². The van der Waals surface area contributed by atoms with E-state index in [2.05, 4.69) is 17.0 Å². The number of nitrogens with zero attached hydrogens (tertiary/aromatic N) is 4. The molecule has 0 aliphatic carbocycles. The minimum Gasteiger partial charge on any atom is -0.508 e. The second-order valence-corrected chi connectivity index (χ2v) is 13.8. The lowest BCUT2D eigenvalue weighted by Crippen LogP contribution is -2.47.